The van der Waals surface area contributed by atoms with Crippen LogP contribution < -0.4 is 5.73 Å². The van der Waals surface area contributed by atoms with Crippen molar-refractivity contribution in [1.82, 2.24) is 0 Å². The lowest BCUT2D eigenvalue weighted by molar-refractivity contribution is 0.0268. The van der Waals surface area contributed by atoms with Crippen LogP contribution in [0.1, 0.15) is 35.3 Å². The number of aryl methyl sites for hydroxylation is 2. The Balaban J connectivity index is 1.89. The Labute approximate surface area is 144 Å². The molecular formula is C22H25NO. The molecule has 124 valence electrons. The van der Waals surface area contributed by atoms with Crippen molar-refractivity contribution < 1.29 is 4.74 Å². The molecule has 0 saturated carbocycles. The number of fused-ring (bicyclic) bond motifs is 1. The average Bonchev–Trinajstić information content (AvgIpc) is 2.54. The molecule has 3 aromatic rings. The molecule has 0 heterocycles. The molecule has 2 N–H and O–H groups in total. The second-order valence-corrected chi connectivity index (χ2v) is 6.66. The van der Waals surface area contributed by atoms with Gasteiger partial charge >= 0.3 is 0 Å². The fraction of sp³-hybridized carbons (Fsp3) is 0.273. The van der Waals surface area contributed by atoms with Gasteiger partial charge in [0.15, 0.2) is 0 Å². The third-order valence-corrected chi connectivity index (χ3v) is 4.32. The molecule has 0 aliphatic heterocycles. The highest BCUT2D eigenvalue weighted by atomic mass is 16.5. The summed E-state index contributed by atoms with van der Waals surface area (Å²) in [6.07, 6.45) is -0.128. The SMILES string of the molecule is Cc1cc(C)cc(COC(c2cccc3ccccc23)C(C)N)c1. The summed E-state index contributed by atoms with van der Waals surface area (Å²) >= 11 is 0. The number of rotatable bonds is 5. The summed E-state index contributed by atoms with van der Waals surface area (Å²) in [6.45, 7) is 6.81. The predicted octanol–water partition coefficient (Wildman–Crippen LogP) is 5.06. The summed E-state index contributed by atoms with van der Waals surface area (Å²) < 4.78 is 6.27. The van der Waals surface area contributed by atoms with E-state index in [0.29, 0.717) is 6.61 Å². The second kappa shape index (κ2) is 7.16. The van der Waals surface area contributed by atoms with Crippen LogP contribution in [-0.4, -0.2) is 6.04 Å². The molecule has 0 amide bonds. The lowest BCUT2D eigenvalue weighted by Crippen LogP contribution is -2.27. The summed E-state index contributed by atoms with van der Waals surface area (Å²) in [4.78, 5) is 0. The van der Waals surface area contributed by atoms with Crippen LogP contribution in [0, 0.1) is 13.8 Å². The molecule has 0 bridgehead atoms. The monoisotopic (exact) mass is 319 g/mol. The minimum absolute atomic E-state index is 0.0817. The van der Waals surface area contributed by atoms with E-state index in [-0.39, 0.29) is 12.1 Å². The molecule has 0 saturated heterocycles. The topological polar surface area (TPSA) is 35.2 Å². The van der Waals surface area contributed by atoms with E-state index >= 15 is 0 Å². The molecule has 0 fully saturated rings. The Morgan fingerprint density at radius 3 is 2.29 bits per heavy atom. The standard InChI is InChI=1S/C22H25NO/c1-15-11-16(2)13-18(12-15)14-24-22(17(3)23)21-10-6-8-19-7-4-5-9-20(19)21/h4-13,17,22H,14,23H2,1-3H3. The molecule has 2 nitrogen and oxygen atoms in total. The third-order valence-electron chi connectivity index (χ3n) is 4.32. The van der Waals surface area contributed by atoms with Gasteiger partial charge in [-0.25, -0.2) is 0 Å². The highest BCUT2D eigenvalue weighted by Crippen LogP contribution is 2.29. The van der Waals surface area contributed by atoms with Crippen LogP contribution in [0.25, 0.3) is 10.8 Å². The maximum Gasteiger partial charge on any atom is 0.0983 e. The molecule has 24 heavy (non-hydrogen) atoms. The zero-order chi connectivity index (χ0) is 17.1. The summed E-state index contributed by atoms with van der Waals surface area (Å²) in [5.74, 6) is 0. The van der Waals surface area contributed by atoms with E-state index in [1.807, 2.05) is 6.92 Å². The van der Waals surface area contributed by atoms with Gasteiger partial charge in [0.25, 0.3) is 0 Å². The van der Waals surface area contributed by atoms with E-state index < -0.39 is 0 Å². The van der Waals surface area contributed by atoms with Crippen molar-refractivity contribution in [3.63, 3.8) is 0 Å². The maximum absolute atomic E-state index is 6.27. The fourth-order valence-electron chi connectivity index (χ4n) is 3.36. The predicted molar refractivity (Wildman–Crippen MR) is 101 cm³/mol. The lowest BCUT2D eigenvalue weighted by Gasteiger charge is -2.24. The second-order valence-electron chi connectivity index (χ2n) is 6.66. The molecule has 3 rings (SSSR count). The van der Waals surface area contributed by atoms with Crippen LogP contribution in [0.4, 0.5) is 0 Å². The van der Waals surface area contributed by atoms with Crippen molar-refractivity contribution in [1.29, 1.82) is 0 Å². The molecule has 0 aliphatic carbocycles. The van der Waals surface area contributed by atoms with Gasteiger partial charge in [0, 0.05) is 6.04 Å². The van der Waals surface area contributed by atoms with Gasteiger partial charge < -0.3 is 10.5 Å². The van der Waals surface area contributed by atoms with Crippen molar-refractivity contribution >= 4 is 10.8 Å². The number of nitrogens with two attached hydrogens (primary N) is 1. The molecule has 0 aromatic heterocycles. The van der Waals surface area contributed by atoms with Gasteiger partial charge in [0.05, 0.1) is 12.7 Å². The van der Waals surface area contributed by atoms with E-state index in [1.165, 1.54) is 27.5 Å². The largest absolute Gasteiger partial charge is 0.367 e. The van der Waals surface area contributed by atoms with E-state index in [0.717, 1.165) is 5.56 Å². The number of hydrogen-bond donors (Lipinski definition) is 1. The van der Waals surface area contributed by atoms with Gasteiger partial charge in [-0.3, -0.25) is 0 Å². The Hall–Kier alpha value is -2.16. The van der Waals surface area contributed by atoms with Gasteiger partial charge in [0.2, 0.25) is 0 Å². The normalized spacial score (nSPS) is 13.8. The van der Waals surface area contributed by atoms with Gasteiger partial charge in [-0.1, -0.05) is 71.8 Å². The quantitative estimate of drug-likeness (QED) is 0.713. The van der Waals surface area contributed by atoms with Gasteiger partial charge in [-0.2, -0.15) is 0 Å². The minimum Gasteiger partial charge on any atom is -0.367 e. The fourth-order valence-corrected chi connectivity index (χ4v) is 3.36. The Bertz CT molecular complexity index is 813. The molecule has 3 aromatic carbocycles. The summed E-state index contributed by atoms with van der Waals surface area (Å²) in [7, 11) is 0. The van der Waals surface area contributed by atoms with Crippen molar-refractivity contribution in [2.75, 3.05) is 0 Å². The minimum atomic E-state index is -0.128. The molecule has 0 spiro atoms. The first-order valence-corrected chi connectivity index (χ1v) is 8.46. The van der Waals surface area contributed by atoms with Crippen molar-refractivity contribution in [3.05, 3.63) is 82.9 Å². The Morgan fingerprint density at radius 2 is 1.58 bits per heavy atom. The van der Waals surface area contributed by atoms with E-state index in [1.54, 1.807) is 0 Å². The summed E-state index contributed by atoms with van der Waals surface area (Å²) in [5, 5.41) is 2.43. The van der Waals surface area contributed by atoms with Crippen LogP contribution in [0.5, 0.6) is 0 Å². The molecule has 0 radical (unpaired) electrons. The van der Waals surface area contributed by atoms with E-state index in [2.05, 4.69) is 74.5 Å². The Morgan fingerprint density at radius 1 is 0.917 bits per heavy atom. The zero-order valence-electron chi connectivity index (χ0n) is 14.6. The maximum atomic E-state index is 6.27. The first-order valence-electron chi connectivity index (χ1n) is 8.46. The van der Waals surface area contributed by atoms with E-state index in [9.17, 15) is 0 Å². The molecule has 2 atom stereocenters. The lowest BCUT2D eigenvalue weighted by atomic mass is 9.97. The van der Waals surface area contributed by atoms with Crippen LogP contribution in [-0.2, 0) is 11.3 Å². The van der Waals surface area contributed by atoms with Gasteiger partial charge in [-0.15, -0.1) is 0 Å². The highest BCUT2D eigenvalue weighted by Gasteiger charge is 2.19. The average molecular weight is 319 g/mol. The van der Waals surface area contributed by atoms with Crippen molar-refractivity contribution in [2.24, 2.45) is 5.73 Å². The Kier molecular flexibility index (Phi) is 4.98. The summed E-state index contributed by atoms with van der Waals surface area (Å²) in [5.41, 5.74) is 11.1. The molecular weight excluding hydrogens is 294 g/mol. The van der Waals surface area contributed by atoms with Crippen LogP contribution in [0.15, 0.2) is 60.7 Å². The smallest absolute Gasteiger partial charge is 0.0983 e. The van der Waals surface area contributed by atoms with Gasteiger partial charge in [-0.05, 0) is 42.7 Å². The first kappa shape index (κ1) is 16.7. The summed E-state index contributed by atoms with van der Waals surface area (Å²) in [6, 6.07) is 21.2. The van der Waals surface area contributed by atoms with Crippen molar-refractivity contribution in [3.8, 4) is 0 Å². The molecule has 2 unspecified atom stereocenters. The van der Waals surface area contributed by atoms with Crippen molar-refractivity contribution in [2.45, 2.75) is 39.5 Å². The molecule has 2 heteroatoms. The number of benzene rings is 3. The van der Waals surface area contributed by atoms with E-state index in [4.69, 9.17) is 10.5 Å². The zero-order valence-corrected chi connectivity index (χ0v) is 14.6. The van der Waals surface area contributed by atoms with Gasteiger partial charge in [0.1, 0.15) is 0 Å². The number of hydrogen-bond acceptors (Lipinski definition) is 2. The number of ether oxygens (including phenoxy) is 1. The third kappa shape index (κ3) is 3.66. The van der Waals surface area contributed by atoms with Crippen LogP contribution >= 0.6 is 0 Å². The first-order chi connectivity index (χ1) is 11.5. The highest BCUT2D eigenvalue weighted by molar-refractivity contribution is 5.86. The van der Waals surface area contributed by atoms with Crippen LogP contribution in [0.3, 0.4) is 0 Å². The van der Waals surface area contributed by atoms with Crippen LogP contribution in [0.2, 0.25) is 0 Å². The molecule has 0 aliphatic rings.